The predicted octanol–water partition coefficient (Wildman–Crippen LogP) is 10.3. The van der Waals surface area contributed by atoms with Crippen LogP contribution in [0.2, 0.25) is 0 Å². The maximum atomic E-state index is 9.87. The molecule has 0 radical (unpaired) electrons. The molecule has 3 heterocycles. The van der Waals surface area contributed by atoms with Crippen LogP contribution < -0.4 is 0 Å². The van der Waals surface area contributed by atoms with Gasteiger partial charge in [0.15, 0.2) is 0 Å². The molecule has 0 saturated heterocycles. The van der Waals surface area contributed by atoms with Gasteiger partial charge in [0.1, 0.15) is 5.58 Å². The normalized spacial score (nSPS) is 21.3. The standard InChI is InChI=1S/C36H40N2O/c1-21-18-25(33-35(5,6)15-10-16-36(33,7)8)13-14-26(21)29-19-30(37-20-23(29)3)27-11-9-12-28-31-22(2)17-24(4)38-34(31)39-32(27)28/h9,11-14,17-20,33H,10,15-16H2,1-8H3/i3D3,4D3,33D. The fraction of sp³-hybridized carbons (Fsp3) is 0.389. The lowest BCUT2D eigenvalue weighted by atomic mass is 9.55. The number of rotatable bonds is 3. The van der Waals surface area contributed by atoms with Crippen molar-refractivity contribution < 1.29 is 14.0 Å². The van der Waals surface area contributed by atoms with E-state index in [0.29, 0.717) is 22.4 Å². The topological polar surface area (TPSA) is 38.9 Å². The number of hydrogen-bond donors (Lipinski definition) is 0. The molecule has 2 aromatic carbocycles. The minimum Gasteiger partial charge on any atom is -0.437 e. The molecule has 0 N–H and O–H groups in total. The highest BCUT2D eigenvalue weighted by molar-refractivity contribution is 6.09. The van der Waals surface area contributed by atoms with E-state index < -0.39 is 19.6 Å². The first-order valence-electron chi connectivity index (χ1n) is 17.2. The van der Waals surface area contributed by atoms with Gasteiger partial charge in [-0.2, -0.15) is 0 Å². The Morgan fingerprint density at radius 3 is 2.38 bits per heavy atom. The Morgan fingerprint density at radius 1 is 0.872 bits per heavy atom. The van der Waals surface area contributed by atoms with E-state index in [0.717, 1.165) is 52.3 Å². The molecule has 200 valence electrons. The van der Waals surface area contributed by atoms with Crippen LogP contribution in [0.1, 0.15) is 90.4 Å². The zero-order chi connectivity index (χ0) is 33.6. The molecule has 5 aromatic rings. The van der Waals surface area contributed by atoms with Gasteiger partial charge in [-0.05, 0) is 109 Å². The van der Waals surface area contributed by atoms with Crippen LogP contribution in [-0.4, -0.2) is 9.97 Å². The van der Waals surface area contributed by atoms with Gasteiger partial charge in [-0.25, -0.2) is 4.98 Å². The summed E-state index contributed by atoms with van der Waals surface area (Å²) in [4.78, 5) is 8.95. The van der Waals surface area contributed by atoms with Crippen LogP contribution >= 0.6 is 0 Å². The van der Waals surface area contributed by atoms with Gasteiger partial charge < -0.3 is 4.42 Å². The lowest BCUT2D eigenvalue weighted by molar-refractivity contribution is 0.0727. The zero-order valence-corrected chi connectivity index (χ0v) is 23.6. The van der Waals surface area contributed by atoms with Crippen LogP contribution in [0.3, 0.4) is 0 Å². The molecule has 0 atom stereocenters. The minimum absolute atomic E-state index is 0.0334. The molecule has 0 unspecified atom stereocenters. The van der Waals surface area contributed by atoms with Crippen LogP contribution in [0, 0.1) is 38.4 Å². The number of furan rings is 1. The second-order valence-corrected chi connectivity index (χ2v) is 12.4. The highest BCUT2D eigenvalue weighted by atomic mass is 16.3. The lowest BCUT2D eigenvalue weighted by Crippen LogP contribution is -2.38. The van der Waals surface area contributed by atoms with Gasteiger partial charge in [-0.3, -0.25) is 4.98 Å². The molecule has 1 saturated carbocycles. The highest BCUT2D eigenvalue weighted by Gasteiger charge is 2.44. The predicted molar refractivity (Wildman–Crippen MR) is 163 cm³/mol. The van der Waals surface area contributed by atoms with Crippen molar-refractivity contribution in [3.8, 4) is 22.4 Å². The van der Waals surface area contributed by atoms with E-state index in [1.54, 1.807) is 12.1 Å². The quantitative estimate of drug-likeness (QED) is 0.236. The van der Waals surface area contributed by atoms with E-state index in [1.807, 2.05) is 44.2 Å². The van der Waals surface area contributed by atoms with Crippen molar-refractivity contribution in [3.05, 3.63) is 82.7 Å². The van der Waals surface area contributed by atoms with Crippen molar-refractivity contribution in [2.45, 2.75) is 80.4 Å². The van der Waals surface area contributed by atoms with Crippen molar-refractivity contribution in [2.75, 3.05) is 0 Å². The third kappa shape index (κ3) is 4.27. The Balaban J connectivity index is 1.53. The van der Waals surface area contributed by atoms with Crippen molar-refractivity contribution >= 4 is 22.1 Å². The summed E-state index contributed by atoms with van der Waals surface area (Å²) in [7, 11) is 0. The number of hydrogen-bond acceptors (Lipinski definition) is 3. The van der Waals surface area contributed by atoms with E-state index >= 15 is 0 Å². The molecule has 6 rings (SSSR count). The largest absolute Gasteiger partial charge is 0.437 e. The van der Waals surface area contributed by atoms with E-state index in [2.05, 4.69) is 43.7 Å². The van der Waals surface area contributed by atoms with E-state index in [9.17, 15) is 1.37 Å². The Kier molecular flexibility index (Phi) is 4.35. The van der Waals surface area contributed by atoms with Gasteiger partial charge in [0.2, 0.25) is 5.71 Å². The summed E-state index contributed by atoms with van der Waals surface area (Å²) in [6.45, 7) is 7.77. The van der Waals surface area contributed by atoms with Gasteiger partial charge in [-0.15, -0.1) is 0 Å². The molecular weight excluding hydrogens is 476 g/mol. The third-order valence-corrected chi connectivity index (χ3v) is 8.61. The monoisotopic (exact) mass is 523 g/mol. The Bertz CT molecular complexity index is 1980. The SMILES string of the molecule is [2H]C([2H])([2H])c1cc(C)c2c(n1)oc1c(-c3cc(-c4ccc(C5([2H])C(C)(C)CCCC5(C)C)cc4C)c(C([2H])([2H])[2H])cn3)cccc12. The summed E-state index contributed by atoms with van der Waals surface area (Å²) >= 11 is 0. The molecule has 1 fully saturated rings. The molecule has 3 aromatic heterocycles. The maximum absolute atomic E-state index is 9.87. The first-order valence-corrected chi connectivity index (χ1v) is 13.7. The average molecular weight is 524 g/mol. The number of aryl methyl sites for hydroxylation is 4. The molecular formula is C36H40N2O. The number of benzene rings is 2. The van der Waals surface area contributed by atoms with Crippen LogP contribution in [0.25, 0.3) is 44.5 Å². The number of nitrogens with zero attached hydrogens (tertiary/aromatic N) is 2. The summed E-state index contributed by atoms with van der Waals surface area (Å²) in [6, 6.07) is 15.0. The molecule has 39 heavy (non-hydrogen) atoms. The van der Waals surface area contributed by atoms with Gasteiger partial charge in [0, 0.05) is 32.4 Å². The molecule has 1 aliphatic rings. The van der Waals surface area contributed by atoms with Crippen molar-refractivity contribution in [1.29, 1.82) is 0 Å². The third-order valence-electron chi connectivity index (χ3n) is 8.61. The molecule has 0 spiro atoms. The number of pyridine rings is 2. The molecule has 0 bridgehead atoms. The first kappa shape index (κ1) is 18.8. The second kappa shape index (κ2) is 9.05. The summed E-state index contributed by atoms with van der Waals surface area (Å²) in [5, 5.41) is 1.50. The zero-order valence-electron chi connectivity index (χ0n) is 30.6. The van der Waals surface area contributed by atoms with Crippen molar-refractivity contribution in [1.82, 2.24) is 9.97 Å². The van der Waals surface area contributed by atoms with Crippen LogP contribution in [0.4, 0.5) is 0 Å². The Hall–Kier alpha value is -3.46. The van der Waals surface area contributed by atoms with Gasteiger partial charge >= 0.3 is 0 Å². The summed E-state index contributed by atoms with van der Waals surface area (Å²) in [6.07, 6.45) is 4.45. The number of para-hydroxylation sites is 1. The number of aromatic nitrogens is 2. The van der Waals surface area contributed by atoms with Crippen LogP contribution in [0.15, 0.2) is 59.1 Å². The van der Waals surface area contributed by atoms with Crippen molar-refractivity contribution in [2.24, 2.45) is 10.8 Å². The summed E-state index contributed by atoms with van der Waals surface area (Å²) in [5.41, 5.74) is 5.43. The molecule has 0 amide bonds. The average Bonchev–Trinajstić information content (AvgIpc) is 3.34. The first-order chi connectivity index (χ1) is 21.3. The molecule has 0 aliphatic heterocycles. The lowest BCUT2D eigenvalue weighted by Gasteiger charge is -2.50. The fourth-order valence-corrected chi connectivity index (χ4v) is 7.05. The van der Waals surface area contributed by atoms with Gasteiger partial charge in [-0.1, -0.05) is 64.4 Å². The second-order valence-electron chi connectivity index (χ2n) is 12.4. The smallest absolute Gasteiger partial charge is 0.227 e. The maximum Gasteiger partial charge on any atom is 0.227 e. The molecule has 3 nitrogen and oxygen atoms in total. The Morgan fingerprint density at radius 2 is 1.67 bits per heavy atom. The van der Waals surface area contributed by atoms with E-state index in [4.69, 9.17) is 12.6 Å². The summed E-state index contributed by atoms with van der Waals surface area (Å²) < 4.78 is 64.6. The molecule has 1 aliphatic carbocycles. The van der Waals surface area contributed by atoms with Crippen LogP contribution in [0.5, 0.6) is 0 Å². The Labute approximate surface area is 242 Å². The van der Waals surface area contributed by atoms with Crippen molar-refractivity contribution in [3.63, 3.8) is 0 Å². The number of fused-ring (bicyclic) bond motifs is 3. The van der Waals surface area contributed by atoms with E-state index in [-0.39, 0.29) is 27.8 Å². The summed E-state index contributed by atoms with van der Waals surface area (Å²) in [5.74, 6) is -0.819. The van der Waals surface area contributed by atoms with E-state index in [1.165, 1.54) is 6.20 Å². The molecule has 3 heteroatoms. The van der Waals surface area contributed by atoms with Gasteiger partial charge in [0.05, 0.1) is 11.1 Å². The fourth-order valence-electron chi connectivity index (χ4n) is 7.05. The minimum atomic E-state index is -2.41. The van der Waals surface area contributed by atoms with Crippen LogP contribution in [-0.2, 0) is 0 Å². The highest BCUT2D eigenvalue weighted by Crippen LogP contribution is 2.56. The van der Waals surface area contributed by atoms with Gasteiger partial charge in [0.25, 0.3) is 0 Å².